The van der Waals surface area contributed by atoms with Crippen molar-refractivity contribution in [3.05, 3.63) is 61.7 Å². The molecule has 0 radical (unpaired) electrons. The molecular weight excluding hydrogens is 386 g/mol. The highest BCUT2D eigenvalue weighted by atomic mass is 79.9. The van der Waals surface area contributed by atoms with Crippen LogP contribution in [-0.4, -0.2) is 0 Å². The van der Waals surface area contributed by atoms with Crippen molar-refractivity contribution in [1.82, 2.24) is 0 Å². The van der Waals surface area contributed by atoms with Crippen LogP contribution in [-0.2, 0) is 6.54 Å². The summed E-state index contributed by atoms with van der Waals surface area (Å²) < 4.78 is 2.30. The average molecular weight is 397 g/mol. The number of fused-ring (bicyclic) bond motifs is 1. The number of nitrogens with one attached hydrogen (secondary N) is 1. The Morgan fingerprint density at radius 2 is 1.68 bits per heavy atom. The number of rotatable bonds is 3. The molecule has 0 bridgehead atoms. The summed E-state index contributed by atoms with van der Waals surface area (Å²) in [6, 6.07) is 16.8. The smallest absolute Gasteiger partial charge is 0.0702 e. The van der Waals surface area contributed by atoms with Gasteiger partial charge in [-0.15, -0.1) is 11.3 Å². The van der Waals surface area contributed by atoms with E-state index in [1.807, 2.05) is 0 Å². The van der Waals surface area contributed by atoms with Crippen molar-refractivity contribution in [3.8, 4) is 0 Å². The van der Waals surface area contributed by atoms with Gasteiger partial charge in [-0.1, -0.05) is 40.2 Å². The van der Waals surface area contributed by atoms with E-state index in [1.165, 1.54) is 25.1 Å². The zero-order valence-corrected chi connectivity index (χ0v) is 14.0. The molecule has 1 nitrogen and oxygen atoms in total. The van der Waals surface area contributed by atoms with Crippen LogP contribution in [0.3, 0.4) is 0 Å². The minimum absolute atomic E-state index is 0.849. The zero-order chi connectivity index (χ0) is 13.2. The molecule has 0 saturated carbocycles. The van der Waals surface area contributed by atoms with E-state index in [0.717, 1.165) is 11.0 Å². The van der Waals surface area contributed by atoms with Crippen molar-refractivity contribution in [2.24, 2.45) is 0 Å². The molecule has 19 heavy (non-hydrogen) atoms. The standard InChI is InChI=1S/C15H11Br2NS/c16-13-6-7-14(12-4-2-1-3-11(12)13)18-9-10-5-8-15(17)19-10/h1-8,18H,9H2. The van der Waals surface area contributed by atoms with Crippen molar-refractivity contribution in [1.29, 1.82) is 0 Å². The molecule has 0 saturated heterocycles. The first-order valence-electron chi connectivity index (χ1n) is 5.89. The second kappa shape index (κ2) is 5.65. The van der Waals surface area contributed by atoms with Crippen LogP contribution in [0.5, 0.6) is 0 Å². The van der Waals surface area contributed by atoms with Gasteiger partial charge in [0.1, 0.15) is 0 Å². The molecule has 1 N–H and O–H groups in total. The Hall–Kier alpha value is -0.840. The van der Waals surface area contributed by atoms with Crippen LogP contribution in [0.15, 0.2) is 56.8 Å². The van der Waals surface area contributed by atoms with Crippen molar-refractivity contribution in [2.75, 3.05) is 5.32 Å². The maximum absolute atomic E-state index is 3.60. The van der Waals surface area contributed by atoms with Crippen molar-refractivity contribution in [3.63, 3.8) is 0 Å². The van der Waals surface area contributed by atoms with Crippen LogP contribution in [0, 0.1) is 0 Å². The highest BCUT2D eigenvalue weighted by Gasteiger charge is 2.04. The van der Waals surface area contributed by atoms with E-state index in [1.54, 1.807) is 11.3 Å². The maximum atomic E-state index is 3.60. The molecule has 4 heteroatoms. The lowest BCUT2D eigenvalue weighted by Crippen LogP contribution is -1.98. The first-order valence-corrected chi connectivity index (χ1v) is 8.29. The summed E-state index contributed by atoms with van der Waals surface area (Å²) in [5.41, 5.74) is 1.17. The van der Waals surface area contributed by atoms with Gasteiger partial charge in [0.05, 0.1) is 3.79 Å². The molecule has 0 aliphatic rings. The third-order valence-electron chi connectivity index (χ3n) is 2.95. The van der Waals surface area contributed by atoms with E-state index in [-0.39, 0.29) is 0 Å². The zero-order valence-electron chi connectivity index (χ0n) is 9.99. The Balaban J connectivity index is 1.91. The normalized spacial score (nSPS) is 10.8. The SMILES string of the molecule is Brc1ccc(CNc2ccc(Br)c3ccccc23)s1. The Bertz CT molecular complexity index is 721. The lowest BCUT2D eigenvalue weighted by molar-refractivity contribution is 1.20. The molecule has 0 atom stereocenters. The molecule has 1 aromatic heterocycles. The predicted octanol–water partition coefficient (Wildman–Crippen LogP) is 6.04. The minimum Gasteiger partial charge on any atom is -0.380 e. The van der Waals surface area contributed by atoms with E-state index in [0.29, 0.717) is 0 Å². The van der Waals surface area contributed by atoms with Gasteiger partial charge in [-0.2, -0.15) is 0 Å². The molecule has 0 spiro atoms. The fourth-order valence-electron chi connectivity index (χ4n) is 2.05. The molecule has 3 aromatic rings. The maximum Gasteiger partial charge on any atom is 0.0702 e. The van der Waals surface area contributed by atoms with Gasteiger partial charge in [-0.3, -0.25) is 0 Å². The number of hydrogen-bond acceptors (Lipinski definition) is 2. The van der Waals surface area contributed by atoms with Crippen molar-refractivity contribution >= 4 is 59.7 Å². The molecule has 0 amide bonds. The van der Waals surface area contributed by atoms with Gasteiger partial charge in [0.2, 0.25) is 0 Å². The fourth-order valence-corrected chi connectivity index (χ4v) is 3.95. The van der Waals surface area contributed by atoms with Crippen LogP contribution in [0.2, 0.25) is 0 Å². The van der Waals surface area contributed by atoms with Crippen LogP contribution in [0.25, 0.3) is 10.8 Å². The summed E-state index contributed by atoms with van der Waals surface area (Å²) in [6.07, 6.45) is 0. The molecule has 0 unspecified atom stereocenters. The summed E-state index contributed by atoms with van der Waals surface area (Å²) in [4.78, 5) is 1.32. The van der Waals surface area contributed by atoms with E-state index in [2.05, 4.69) is 85.7 Å². The number of hydrogen-bond donors (Lipinski definition) is 1. The lowest BCUT2D eigenvalue weighted by atomic mass is 10.1. The molecule has 0 aliphatic carbocycles. The summed E-state index contributed by atoms with van der Waals surface area (Å²) in [6.45, 7) is 0.849. The molecule has 0 aliphatic heterocycles. The third kappa shape index (κ3) is 2.86. The fraction of sp³-hybridized carbons (Fsp3) is 0.0667. The summed E-state index contributed by atoms with van der Waals surface area (Å²) in [7, 11) is 0. The Kier molecular flexibility index (Phi) is 3.91. The van der Waals surface area contributed by atoms with E-state index < -0.39 is 0 Å². The monoisotopic (exact) mass is 395 g/mol. The van der Waals surface area contributed by atoms with Gasteiger partial charge in [0.25, 0.3) is 0 Å². The highest BCUT2D eigenvalue weighted by Crippen LogP contribution is 2.31. The number of thiophene rings is 1. The molecule has 2 aromatic carbocycles. The first kappa shape index (κ1) is 13.2. The van der Waals surface area contributed by atoms with E-state index in [4.69, 9.17) is 0 Å². The molecule has 1 heterocycles. The minimum atomic E-state index is 0.849. The highest BCUT2D eigenvalue weighted by molar-refractivity contribution is 9.11. The average Bonchev–Trinajstić information content (AvgIpc) is 2.84. The number of halogens is 2. The second-order valence-corrected chi connectivity index (χ2v) is 7.60. The van der Waals surface area contributed by atoms with E-state index >= 15 is 0 Å². The summed E-state index contributed by atoms with van der Waals surface area (Å²) in [5.74, 6) is 0. The summed E-state index contributed by atoms with van der Waals surface area (Å²) in [5, 5.41) is 5.99. The topological polar surface area (TPSA) is 12.0 Å². The number of anilines is 1. The number of benzene rings is 2. The third-order valence-corrected chi connectivity index (χ3v) is 5.27. The molecule has 96 valence electrons. The van der Waals surface area contributed by atoms with Gasteiger partial charge in [-0.25, -0.2) is 0 Å². The van der Waals surface area contributed by atoms with Crippen molar-refractivity contribution < 1.29 is 0 Å². The van der Waals surface area contributed by atoms with Gasteiger partial charge in [0.15, 0.2) is 0 Å². The second-order valence-electron chi connectivity index (χ2n) is 4.20. The largest absolute Gasteiger partial charge is 0.380 e. The summed E-state index contributed by atoms with van der Waals surface area (Å²) >= 11 is 8.85. The van der Waals surface area contributed by atoms with Crippen LogP contribution in [0.1, 0.15) is 4.88 Å². The Morgan fingerprint density at radius 1 is 0.895 bits per heavy atom. The Labute approximate surface area is 132 Å². The molecule has 3 rings (SSSR count). The molecular formula is C15H11Br2NS. The predicted molar refractivity (Wildman–Crippen MR) is 91.0 cm³/mol. The van der Waals surface area contributed by atoms with Crippen LogP contribution < -0.4 is 5.32 Å². The van der Waals surface area contributed by atoms with E-state index in [9.17, 15) is 0 Å². The van der Waals surface area contributed by atoms with Crippen LogP contribution in [0.4, 0.5) is 5.69 Å². The van der Waals surface area contributed by atoms with Crippen molar-refractivity contribution in [2.45, 2.75) is 6.54 Å². The first-order chi connectivity index (χ1) is 9.24. The van der Waals surface area contributed by atoms with Gasteiger partial charge >= 0.3 is 0 Å². The Morgan fingerprint density at radius 3 is 2.42 bits per heavy atom. The van der Waals surface area contributed by atoms with Gasteiger partial charge in [0, 0.05) is 27.0 Å². The van der Waals surface area contributed by atoms with Crippen LogP contribution >= 0.6 is 43.2 Å². The van der Waals surface area contributed by atoms with Gasteiger partial charge in [-0.05, 0) is 45.6 Å². The molecule has 0 fully saturated rings. The quantitative estimate of drug-likeness (QED) is 0.569. The van der Waals surface area contributed by atoms with Gasteiger partial charge < -0.3 is 5.32 Å². The lowest BCUT2D eigenvalue weighted by Gasteiger charge is -2.10.